The fourth-order valence-electron chi connectivity index (χ4n) is 2.75. The lowest BCUT2D eigenvalue weighted by molar-refractivity contribution is 0.802. The molecule has 0 fully saturated rings. The predicted octanol–water partition coefficient (Wildman–Crippen LogP) is 4.48. The third-order valence-electron chi connectivity index (χ3n) is 3.96. The van der Waals surface area contributed by atoms with Gasteiger partial charge in [0.05, 0.1) is 0 Å². The number of benzene rings is 1. The summed E-state index contributed by atoms with van der Waals surface area (Å²) in [6.45, 7) is 4.40. The molecule has 1 aromatic carbocycles. The van der Waals surface area contributed by atoms with Crippen LogP contribution in [0.5, 0.6) is 0 Å². The molecule has 0 saturated heterocycles. The minimum Gasteiger partial charge on any atom is -0.375 e. The van der Waals surface area contributed by atoms with Gasteiger partial charge in [-0.3, -0.25) is 0 Å². The number of thiazole rings is 1. The van der Waals surface area contributed by atoms with Crippen molar-refractivity contribution in [2.24, 2.45) is 0 Å². The van der Waals surface area contributed by atoms with E-state index in [2.05, 4.69) is 42.0 Å². The van der Waals surface area contributed by atoms with E-state index < -0.39 is 0 Å². The zero-order valence-electron chi connectivity index (χ0n) is 14.1. The molecule has 2 aromatic heterocycles. The molecule has 3 aromatic rings. The topological polar surface area (TPSA) is 64.7 Å². The van der Waals surface area contributed by atoms with Crippen molar-refractivity contribution >= 4 is 16.5 Å². The van der Waals surface area contributed by atoms with Crippen molar-refractivity contribution in [3.05, 3.63) is 58.9 Å². The molecule has 4 nitrogen and oxygen atoms in total. The summed E-state index contributed by atoms with van der Waals surface area (Å²) in [6, 6.07) is 10.4. The lowest BCUT2D eigenvalue weighted by atomic mass is 9.97. The second-order valence-corrected chi connectivity index (χ2v) is 7.28. The van der Waals surface area contributed by atoms with E-state index in [-0.39, 0.29) is 0 Å². The molecule has 2 heterocycles. The summed E-state index contributed by atoms with van der Waals surface area (Å²) in [7, 11) is 0. The van der Waals surface area contributed by atoms with Gasteiger partial charge in [-0.15, -0.1) is 11.3 Å². The van der Waals surface area contributed by atoms with Crippen molar-refractivity contribution < 1.29 is 0 Å². The second-order valence-electron chi connectivity index (χ2n) is 6.13. The van der Waals surface area contributed by atoms with E-state index >= 15 is 0 Å². The Balaban J connectivity index is 1.72. The molecule has 0 saturated carbocycles. The van der Waals surface area contributed by atoms with Crippen molar-refractivity contribution in [1.82, 2.24) is 15.0 Å². The molecule has 2 N–H and O–H groups in total. The van der Waals surface area contributed by atoms with E-state index in [4.69, 9.17) is 10.7 Å². The van der Waals surface area contributed by atoms with Crippen molar-refractivity contribution in [1.29, 1.82) is 0 Å². The van der Waals surface area contributed by atoms with Crippen LogP contribution in [0.1, 0.15) is 42.3 Å². The summed E-state index contributed by atoms with van der Waals surface area (Å²) >= 11 is 1.56. The average molecular weight is 338 g/mol. The van der Waals surface area contributed by atoms with Gasteiger partial charge in [0.1, 0.15) is 0 Å². The minimum absolute atomic E-state index is 0.449. The van der Waals surface area contributed by atoms with Gasteiger partial charge < -0.3 is 5.73 Å². The summed E-state index contributed by atoms with van der Waals surface area (Å²) in [5.41, 5.74) is 9.17. The first-order valence-electron chi connectivity index (χ1n) is 8.25. The maximum atomic E-state index is 5.67. The number of anilines is 1. The average Bonchev–Trinajstić information content (AvgIpc) is 3.00. The number of nitrogen functional groups attached to an aromatic ring is 1. The van der Waals surface area contributed by atoms with Gasteiger partial charge in [0.15, 0.2) is 11.0 Å². The summed E-state index contributed by atoms with van der Waals surface area (Å²) in [6.07, 6.45) is 6.67. The summed E-state index contributed by atoms with van der Waals surface area (Å²) in [5, 5.41) is 0.639. The Kier molecular flexibility index (Phi) is 5.20. The minimum atomic E-state index is 0.449. The van der Waals surface area contributed by atoms with Gasteiger partial charge in [0, 0.05) is 28.5 Å². The first-order valence-corrected chi connectivity index (χ1v) is 9.06. The van der Waals surface area contributed by atoms with Gasteiger partial charge in [0.2, 0.25) is 0 Å². The Hall–Kier alpha value is -2.27. The molecule has 24 heavy (non-hydrogen) atoms. The second kappa shape index (κ2) is 7.53. The van der Waals surface area contributed by atoms with Crippen LogP contribution in [0.15, 0.2) is 42.7 Å². The Morgan fingerprint density at radius 2 is 1.92 bits per heavy atom. The van der Waals surface area contributed by atoms with Gasteiger partial charge in [-0.2, -0.15) is 0 Å². The van der Waals surface area contributed by atoms with E-state index in [0.717, 1.165) is 36.3 Å². The van der Waals surface area contributed by atoms with Crippen molar-refractivity contribution in [2.75, 3.05) is 5.73 Å². The van der Waals surface area contributed by atoms with Crippen molar-refractivity contribution in [2.45, 2.75) is 39.0 Å². The first kappa shape index (κ1) is 16.6. The summed E-state index contributed by atoms with van der Waals surface area (Å²) in [5.74, 6) is 1.27. The summed E-state index contributed by atoms with van der Waals surface area (Å²) < 4.78 is 0. The van der Waals surface area contributed by atoms with Crippen molar-refractivity contribution in [3.8, 4) is 11.4 Å². The molecule has 0 bridgehead atoms. The smallest absolute Gasteiger partial charge is 0.180 e. The molecule has 0 radical (unpaired) electrons. The maximum absolute atomic E-state index is 5.67. The molecule has 5 heteroatoms. The van der Waals surface area contributed by atoms with Gasteiger partial charge in [-0.1, -0.05) is 38.1 Å². The number of hydrogen-bond acceptors (Lipinski definition) is 5. The van der Waals surface area contributed by atoms with Crippen LogP contribution in [0.4, 0.5) is 5.13 Å². The molecule has 0 aliphatic carbocycles. The molecular formula is C19H22N4S. The van der Waals surface area contributed by atoms with Gasteiger partial charge in [-0.05, 0) is 36.8 Å². The fourth-order valence-corrected chi connectivity index (χ4v) is 3.48. The van der Waals surface area contributed by atoms with Crippen molar-refractivity contribution in [3.63, 3.8) is 0 Å². The molecule has 3 rings (SSSR count). The molecule has 124 valence electrons. The number of nitrogens with two attached hydrogens (primary N) is 1. The quantitative estimate of drug-likeness (QED) is 0.719. The molecule has 0 aliphatic rings. The van der Waals surface area contributed by atoms with E-state index in [1.54, 1.807) is 11.3 Å². The molecule has 0 amide bonds. The van der Waals surface area contributed by atoms with E-state index in [1.807, 2.05) is 24.5 Å². The third kappa shape index (κ3) is 3.97. The zero-order chi connectivity index (χ0) is 16.9. The van der Waals surface area contributed by atoms with Crippen LogP contribution in [0, 0.1) is 0 Å². The highest BCUT2D eigenvalue weighted by atomic mass is 32.1. The van der Waals surface area contributed by atoms with Gasteiger partial charge >= 0.3 is 0 Å². The van der Waals surface area contributed by atoms with Crippen LogP contribution >= 0.6 is 11.3 Å². The standard InChI is InChI=1S/C19H22N4S/c1-13(2)16-8-3-4-9-17(16)18-21-11-10-14(23-18)6-5-7-15-12-22-19(20)24-15/h3-4,8-13H,5-7H2,1-2H3,(H2,20,22). The third-order valence-corrected chi connectivity index (χ3v) is 4.85. The molecule has 0 atom stereocenters. The Morgan fingerprint density at radius 3 is 2.67 bits per heavy atom. The van der Waals surface area contributed by atoms with Crippen LogP contribution in [-0.2, 0) is 12.8 Å². The van der Waals surface area contributed by atoms with Crippen LogP contribution in [-0.4, -0.2) is 15.0 Å². The lowest BCUT2D eigenvalue weighted by Gasteiger charge is -2.12. The first-order chi connectivity index (χ1) is 11.6. The van der Waals surface area contributed by atoms with E-state index in [9.17, 15) is 0 Å². The molecule has 0 aliphatic heterocycles. The maximum Gasteiger partial charge on any atom is 0.180 e. The van der Waals surface area contributed by atoms with Crippen LogP contribution in [0.3, 0.4) is 0 Å². The van der Waals surface area contributed by atoms with Crippen LogP contribution in [0.25, 0.3) is 11.4 Å². The Labute approximate surface area is 146 Å². The van der Waals surface area contributed by atoms with Gasteiger partial charge in [-0.25, -0.2) is 15.0 Å². The van der Waals surface area contributed by atoms with Crippen LogP contribution < -0.4 is 5.73 Å². The molecule has 0 unspecified atom stereocenters. The van der Waals surface area contributed by atoms with Gasteiger partial charge in [0.25, 0.3) is 0 Å². The SMILES string of the molecule is CC(C)c1ccccc1-c1nccc(CCCc2cnc(N)s2)n1. The Morgan fingerprint density at radius 1 is 1.08 bits per heavy atom. The highest BCUT2D eigenvalue weighted by molar-refractivity contribution is 7.15. The number of rotatable bonds is 6. The fraction of sp³-hybridized carbons (Fsp3) is 0.316. The largest absolute Gasteiger partial charge is 0.375 e. The van der Waals surface area contributed by atoms with E-state index in [0.29, 0.717) is 11.0 Å². The van der Waals surface area contributed by atoms with Crippen LogP contribution in [0.2, 0.25) is 0 Å². The molecule has 0 spiro atoms. The number of hydrogen-bond donors (Lipinski definition) is 1. The zero-order valence-corrected chi connectivity index (χ0v) is 14.9. The normalized spacial score (nSPS) is 11.1. The highest BCUT2D eigenvalue weighted by Crippen LogP contribution is 2.26. The number of aromatic nitrogens is 3. The molecular weight excluding hydrogens is 316 g/mol. The number of aryl methyl sites for hydroxylation is 2. The monoisotopic (exact) mass is 338 g/mol. The predicted molar refractivity (Wildman–Crippen MR) is 100 cm³/mol. The summed E-state index contributed by atoms with van der Waals surface area (Å²) in [4.78, 5) is 14.6. The highest BCUT2D eigenvalue weighted by Gasteiger charge is 2.10. The number of nitrogens with zero attached hydrogens (tertiary/aromatic N) is 3. The Bertz CT molecular complexity index is 810. The lowest BCUT2D eigenvalue weighted by Crippen LogP contribution is -1.99. The van der Waals surface area contributed by atoms with E-state index in [1.165, 1.54) is 10.4 Å².